The first-order valence-corrected chi connectivity index (χ1v) is 6.68. The van der Waals surface area contributed by atoms with Crippen LogP contribution in [0.1, 0.15) is 33.1 Å². The van der Waals surface area contributed by atoms with Gasteiger partial charge >= 0.3 is 5.97 Å². The van der Waals surface area contributed by atoms with E-state index in [1.165, 1.54) is 0 Å². The van der Waals surface area contributed by atoms with Gasteiger partial charge in [-0.05, 0) is 19.3 Å². The number of hydrogen-bond acceptors (Lipinski definition) is 3. The van der Waals surface area contributed by atoms with Crippen molar-refractivity contribution in [3.05, 3.63) is 0 Å². The molecule has 0 heterocycles. The van der Waals surface area contributed by atoms with Gasteiger partial charge in [0.2, 0.25) is 0 Å². The molecule has 0 aromatic carbocycles. The Morgan fingerprint density at radius 2 is 1.93 bits per heavy atom. The van der Waals surface area contributed by atoms with Crippen molar-refractivity contribution in [3.8, 4) is 0 Å². The third kappa shape index (κ3) is 5.21. The maximum Gasteiger partial charge on any atom is 0.306 e. The molecule has 0 aliphatic rings. The van der Waals surface area contributed by atoms with Crippen molar-refractivity contribution in [3.63, 3.8) is 0 Å². The first-order chi connectivity index (χ1) is 6.43. The summed E-state index contributed by atoms with van der Waals surface area (Å²) in [5, 5.41) is 8.71. The molecule has 0 aliphatic heterocycles. The van der Waals surface area contributed by atoms with E-state index in [2.05, 4.69) is 0 Å². The van der Waals surface area contributed by atoms with E-state index in [1.807, 2.05) is 0 Å². The molecule has 0 fully saturated rings. The Hall–Kier alpha value is -0.580. The van der Waals surface area contributed by atoms with Gasteiger partial charge in [-0.2, -0.15) is 0 Å². The van der Waals surface area contributed by atoms with Crippen LogP contribution in [-0.4, -0.2) is 31.0 Å². The van der Waals surface area contributed by atoms with Gasteiger partial charge in [-0.1, -0.05) is 13.8 Å². The summed E-state index contributed by atoms with van der Waals surface area (Å²) in [5.74, 6) is -0.993. The molecule has 0 spiro atoms. The van der Waals surface area contributed by atoms with Gasteiger partial charge in [0.1, 0.15) is 9.84 Å². The van der Waals surface area contributed by atoms with Crippen LogP contribution in [-0.2, 0) is 14.6 Å². The van der Waals surface area contributed by atoms with Crippen LogP contribution in [0.15, 0.2) is 0 Å². The lowest BCUT2D eigenvalue weighted by atomic mass is 10.0. The molecule has 84 valence electrons. The number of carboxylic acid groups (broad SMARTS) is 1. The van der Waals surface area contributed by atoms with Crippen molar-refractivity contribution in [2.45, 2.75) is 33.1 Å². The Labute approximate surface area is 85.2 Å². The molecule has 0 aliphatic carbocycles. The van der Waals surface area contributed by atoms with E-state index in [9.17, 15) is 13.2 Å². The van der Waals surface area contributed by atoms with Crippen LogP contribution < -0.4 is 0 Å². The molecular formula is C9H18O4S. The standard InChI is InChI=1S/C9H18O4S/c1-3-8(9(10)11)6-5-7-14(12,13)4-2/h8H,3-7H2,1-2H3,(H,10,11). The van der Waals surface area contributed by atoms with E-state index in [-0.39, 0.29) is 11.5 Å². The highest BCUT2D eigenvalue weighted by molar-refractivity contribution is 7.91. The second kappa shape index (κ2) is 6.01. The molecule has 4 nitrogen and oxygen atoms in total. The lowest BCUT2D eigenvalue weighted by molar-refractivity contribution is -0.142. The highest BCUT2D eigenvalue weighted by atomic mass is 32.2. The van der Waals surface area contributed by atoms with Gasteiger partial charge in [0.25, 0.3) is 0 Å². The van der Waals surface area contributed by atoms with Crippen LogP contribution in [0.2, 0.25) is 0 Å². The van der Waals surface area contributed by atoms with Crippen molar-refractivity contribution >= 4 is 15.8 Å². The van der Waals surface area contributed by atoms with Crippen LogP contribution in [0, 0.1) is 5.92 Å². The Kier molecular flexibility index (Phi) is 5.76. The van der Waals surface area contributed by atoms with E-state index >= 15 is 0 Å². The summed E-state index contributed by atoms with van der Waals surface area (Å²) in [4.78, 5) is 10.6. The van der Waals surface area contributed by atoms with Crippen LogP contribution in [0.4, 0.5) is 0 Å². The fraction of sp³-hybridized carbons (Fsp3) is 0.889. The summed E-state index contributed by atoms with van der Waals surface area (Å²) in [5.41, 5.74) is 0. The SMILES string of the molecule is CCC(CCCS(=O)(=O)CC)C(=O)O. The van der Waals surface area contributed by atoms with E-state index in [4.69, 9.17) is 5.11 Å². The van der Waals surface area contributed by atoms with E-state index in [0.29, 0.717) is 19.3 Å². The second-order valence-corrected chi connectivity index (χ2v) is 5.79. The number of carboxylic acids is 1. The minimum atomic E-state index is -2.94. The number of hydrogen-bond donors (Lipinski definition) is 1. The second-order valence-electron chi connectivity index (χ2n) is 3.32. The van der Waals surface area contributed by atoms with Gasteiger partial charge in [0, 0.05) is 5.75 Å². The van der Waals surface area contributed by atoms with E-state index in [1.54, 1.807) is 13.8 Å². The average molecular weight is 222 g/mol. The number of rotatable bonds is 7. The fourth-order valence-corrected chi connectivity index (χ4v) is 2.09. The summed E-state index contributed by atoms with van der Waals surface area (Å²) in [7, 11) is -2.94. The van der Waals surface area contributed by atoms with Crippen molar-refractivity contribution in [1.29, 1.82) is 0 Å². The van der Waals surface area contributed by atoms with Crippen LogP contribution in [0.25, 0.3) is 0 Å². The van der Waals surface area contributed by atoms with E-state index in [0.717, 1.165) is 0 Å². The number of sulfone groups is 1. The van der Waals surface area contributed by atoms with Crippen molar-refractivity contribution in [2.24, 2.45) is 5.92 Å². The third-order valence-electron chi connectivity index (χ3n) is 2.29. The van der Waals surface area contributed by atoms with Gasteiger partial charge in [0.05, 0.1) is 11.7 Å². The summed E-state index contributed by atoms with van der Waals surface area (Å²) >= 11 is 0. The molecule has 1 atom stereocenters. The maximum absolute atomic E-state index is 11.1. The lowest BCUT2D eigenvalue weighted by Crippen LogP contribution is -2.15. The van der Waals surface area contributed by atoms with Crippen LogP contribution in [0.3, 0.4) is 0 Å². The summed E-state index contributed by atoms with van der Waals surface area (Å²) in [6.07, 6.45) is 1.45. The zero-order valence-corrected chi connectivity index (χ0v) is 9.51. The molecule has 0 rings (SSSR count). The fourth-order valence-electron chi connectivity index (χ4n) is 1.20. The zero-order chi connectivity index (χ0) is 11.2. The van der Waals surface area contributed by atoms with Gasteiger partial charge in [-0.3, -0.25) is 4.79 Å². The highest BCUT2D eigenvalue weighted by Crippen LogP contribution is 2.12. The van der Waals surface area contributed by atoms with Crippen LogP contribution >= 0.6 is 0 Å². The van der Waals surface area contributed by atoms with E-state index < -0.39 is 21.7 Å². The normalized spacial score (nSPS) is 13.9. The number of carbonyl (C=O) groups is 1. The summed E-state index contributed by atoms with van der Waals surface area (Å²) < 4.78 is 22.2. The molecule has 0 saturated carbocycles. The molecule has 1 unspecified atom stereocenters. The quantitative estimate of drug-likeness (QED) is 0.705. The molecule has 0 aromatic rings. The number of aliphatic carboxylic acids is 1. The molecule has 14 heavy (non-hydrogen) atoms. The third-order valence-corrected chi connectivity index (χ3v) is 4.08. The average Bonchev–Trinajstić information content (AvgIpc) is 2.12. The van der Waals surface area contributed by atoms with Crippen LogP contribution in [0.5, 0.6) is 0 Å². The Bertz CT molecular complexity index is 269. The molecule has 0 radical (unpaired) electrons. The summed E-state index contributed by atoms with van der Waals surface area (Å²) in [6, 6.07) is 0. The molecule has 0 saturated heterocycles. The van der Waals surface area contributed by atoms with Crippen molar-refractivity contribution < 1.29 is 18.3 Å². The minimum Gasteiger partial charge on any atom is -0.481 e. The Balaban J connectivity index is 3.89. The van der Waals surface area contributed by atoms with Crippen molar-refractivity contribution in [1.82, 2.24) is 0 Å². The lowest BCUT2D eigenvalue weighted by Gasteiger charge is -2.08. The zero-order valence-electron chi connectivity index (χ0n) is 8.69. The topological polar surface area (TPSA) is 71.4 Å². The monoisotopic (exact) mass is 222 g/mol. The van der Waals surface area contributed by atoms with Crippen molar-refractivity contribution in [2.75, 3.05) is 11.5 Å². The molecule has 5 heteroatoms. The first-order valence-electron chi connectivity index (χ1n) is 4.86. The maximum atomic E-state index is 11.1. The van der Waals surface area contributed by atoms with Gasteiger partial charge in [0.15, 0.2) is 0 Å². The van der Waals surface area contributed by atoms with Gasteiger partial charge < -0.3 is 5.11 Å². The predicted octanol–water partition coefficient (Wildman–Crippen LogP) is 1.31. The minimum absolute atomic E-state index is 0.104. The van der Waals surface area contributed by atoms with Gasteiger partial charge in [-0.25, -0.2) is 8.42 Å². The molecule has 0 bridgehead atoms. The smallest absolute Gasteiger partial charge is 0.306 e. The Morgan fingerprint density at radius 1 is 1.36 bits per heavy atom. The van der Waals surface area contributed by atoms with Gasteiger partial charge in [-0.15, -0.1) is 0 Å². The molecule has 1 N–H and O–H groups in total. The first kappa shape index (κ1) is 13.4. The Morgan fingerprint density at radius 3 is 2.29 bits per heavy atom. The summed E-state index contributed by atoms with van der Waals surface area (Å²) in [6.45, 7) is 3.40. The predicted molar refractivity (Wildman–Crippen MR) is 55.0 cm³/mol. The highest BCUT2D eigenvalue weighted by Gasteiger charge is 2.16. The molecule has 0 aromatic heterocycles. The molecule has 0 amide bonds. The molecular weight excluding hydrogens is 204 g/mol. The largest absolute Gasteiger partial charge is 0.481 e.